The summed E-state index contributed by atoms with van der Waals surface area (Å²) < 4.78 is 0. The molecule has 3 rings (SSSR count). The minimum Gasteiger partial charge on any atom is -0.387 e. The second-order valence-electron chi connectivity index (χ2n) is 5.54. The second-order valence-corrected chi connectivity index (χ2v) is 6.93. The van der Waals surface area contributed by atoms with Crippen LogP contribution in [0.25, 0.3) is 0 Å². The van der Waals surface area contributed by atoms with Crippen molar-refractivity contribution in [3.63, 3.8) is 0 Å². The Morgan fingerprint density at radius 3 is 2.60 bits per heavy atom. The summed E-state index contributed by atoms with van der Waals surface area (Å²) in [6, 6.07) is 17.9. The minimum atomic E-state index is 0.719. The Labute approximate surface area is 157 Å². The number of rotatable bonds is 6. The van der Waals surface area contributed by atoms with Gasteiger partial charge in [-0.3, -0.25) is 0 Å². The smallest absolute Gasteiger partial charge is 0.197 e. The van der Waals surface area contributed by atoms with E-state index in [1.165, 1.54) is 17.3 Å². The highest BCUT2D eigenvalue weighted by molar-refractivity contribution is 8.29. The number of halogens is 1. The van der Waals surface area contributed by atoms with Gasteiger partial charge < -0.3 is 10.6 Å². The number of anilines is 1. The summed E-state index contributed by atoms with van der Waals surface area (Å²) in [6.07, 6.45) is 2.81. The Bertz CT molecular complexity index is 798. The molecule has 0 unspecified atom stereocenters. The number of hydrogen-bond donors (Lipinski definition) is 2. The monoisotopic (exact) mass is 370 g/mol. The molecule has 0 spiro atoms. The standard InChI is InChI=1S/C19H19ClN4S/c1-14(21-12-11-15-5-3-2-4-6-15)13-22-18-24-19(25-18)23-17-9-7-16(20)8-10-17/h2-10,13,21H,11-12H2,1H3,(H,22,23,24)/b14-13+. The van der Waals surface area contributed by atoms with Gasteiger partial charge >= 0.3 is 0 Å². The maximum absolute atomic E-state index is 5.87. The van der Waals surface area contributed by atoms with Crippen LogP contribution in [0.3, 0.4) is 0 Å². The van der Waals surface area contributed by atoms with Crippen LogP contribution in [0, 0.1) is 0 Å². The van der Waals surface area contributed by atoms with E-state index in [1.807, 2.05) is 43.5 Å². The maximum atomic E-state index is 5.87. The SMILES string of the molecule is C/C(=C\N=C1N=C(Nc2ccc(Cl)cc2)S1)NCCc1ccccc1. The lowest BCUT2D eigenvalue weighted by Crippen LogP contribution is -2.19. The van der Waals surface area contributed by atoms with E-state index in [1.54, 1.807) is 0 Å². The highest BCUT2D eigenvalue weighted by Gasteiger charge is 2.16. The average molecular weight is 371 g/mol. The molecule has 0 aromatic heterocycles. The van der Waals surface area contributed by atoms with Crippen LogP contribution in [0.2, 0.25) is 5.02 Å². The molecule has 0 radical (unpaired) electrons. The van der Waals surface area contributed by atoms with E-state index in [-0.39, 0.29) is 0 Å². The second kappa shape index (κ2) is 8.74. The largest absolute Gasteiger partial charge is 0.387 e. The van der Waals surface area contributed by atoms with Gasteiger partial charge in [-0.05, 0) is 54.9 Å². The summed E-state index contributed by atoms with van der Waals surface area (Å²) in [5.74, 6) is 0. The van der Waals surface area contributed by atoms with Crippen LogP contribution in [0.1, 0.15) is 12.5 Å². The van der Waals surface area contributed by atoms with Crippen LogP contribution in [0.5, 0.6) is 0 Å². The van der Waals surface area contributed by atoms with Crippen molar-refractivity contribution >= 4 is 39.4 Å². The molecule has 0 bridgehead atoms. The zero-order chi connectivity index (χ0) is 17.5. The van der Waals surface area contributed by atoms with E-state index in [2.05, 4.69) is 44.9 Å². The number of benzene rings is 2. The van der Waals surface area contributed by atoms with E-state index in [0.29, 0.717) is 0 Å². The molecule has 0 fully saturated rings. The van der Waals surface area contributed by atoms with Crippen molar-refractivity contribution in [3.05, 3.63) is 77.1 Å². The summed E-state index contributed by atoms with van der Waals surface area (Å²) in [5, 5.41) is 8.88. The Morgan fingerprint density at radius 1 is 1.16 bits per heavy atom. The molecule has 0 saturated carbocycles. The molecule has 2 aromatic rings. The highest BCUT2D eigenvalue weighted by atomic mass is 35.5. The molecule has 0 aliphatic carbocycles. The number of aliphatic imine (C=N–C) groups is 2. The van der Waals surface area contributed by atoms with Gasteiger partial charge in [-0.2, -0.15) is 4.99 Å². The quantitative estimate of drug-likeness (QED) is 0.759. The Hall–Kier alpha value is -2.24. The van der Waals surface area contributed by atoms with Crippen molar-refractivity contribution in [1.82, 2.24) is 5.32 Å². The first kappa shape index (κ1) is 17.6. The van der Waals surface area contributed by atoms with E-state index >= 15 is 0 Å². The van der Waals surface area contributed by atoms with Gasteiger partial charge in [0.1, 0.15) is 0 Å². The summed E-state index contributed by atoms with van der Waals surface area (Å²) in [6.45, 7) is 2.89. The van der Waals surface area contributed by atoms with Crippen molar-refractivity contribution in [3.8, 4) is 0 Å². The fourth-order valence-corrected chi connectivity index (χ4v) is 2.90. The lowest BCUT2D eigenvalue weighted by Gasteiger charge is -2.15. The number of nitrogens with zero attached hydrogens (tertiary/aromatic N) is 2. The van der Waals surface area contributed by atoms with Crippen LogP contribution in [0.4, 0.5) is 5.69 Å². The first-order valence-corrected chi connectivity index (χ1v) is 9.20. The molecule has 128 valence electrons. The summed E-state index contributed by atoms with van der Waals surface area (Å²) in [4.78, 5) is 8.72. The van der Waals surface area contributed by atoms with Crippen molar-refractivity contribution in [2.45, 2.75) is 13.3 Å². The fourth-order valence-electron chi connectivity index (χ4n) is 2.19. The van der Waals surface area contributed by atoms with E-state index < -0.39 is 0 Å². The summed E-state index contributed by atoms with van der Waals surface area (Å²) in [7, 11) is 0. The van der Waals surface area contributed by atoms with Crippen LogP contribution >= 0.6 is 23.4 Å². The van der Waals surface area contributed by atoms with Crippen molar-refractivity contribution in [2.24, 2.45) is 9.98 Å². The molecule has 2 N–H and O–H groups in total. The van der Waals surface area contributed by atoms with Gasteiger partial charge in [0.2, 0.25) is 0 Å². The van der Waals surface area contributed by atoms with E-state index in [0.717, 1.165) is 39.7 Å². The van der Waals surface area contributed by atoms with Gasteiger partial charge in [-0.25, -0.2) is 4.99 Å². The van der Waals surface area contributed by atoms with Gasteiger partial charge in [0.15, 0.2) is 10.3 Å². The normalized spacial score (nSPS) is 15.5. The van der Waals surface area contributed by atoms with E-state index in [4.69, 9.17) is 11.6 Å². The molecular weight excluding hydrogens is 352 g/mol. The Balaban J connectivity index is 1.43. The van der Waals surface area contributed by atoms with Crippen LogP contribution in [-0.2, 0) is 6.42 Å². The number of thioether (sulfide) groups is 1. The molecule has 0 atom stereocenters. The summed E-state index contributed by atoms with van der Waals surface area (Å²) >= 11 is 7.39. The topological polar surface area (TPSA) is 48.8 Å². The zero-order valence-corrected chi connectivity index (χ0v) is 15.4. The Morgan fingerprint density at radius 2 is 1.88 bits per heavy atom. The summed E-state index contributed by atoms with van der Waals surface area (Å²) in [5.41, 5.74) is 3.31. The molecule has 2 aromatic carbocycles. The van der Waals surface area contributed by atoms with Gasteiger partial charge in [0.25, 0.3) is 0 Å². The first-order chi connectivity index (χ1) is 12.2. The predicted octanol–water partition coefficient (Wildman–Crippen LogP) is 4.90. The van der Waals surface area contributed by atoms with Crippen LogP contribution in [0.15, 0.2) is 76.5 Å². The minimum absolute atomic E-state index is 0.719. The highest BCUT2D eigenvalue weighted by Crippen LogP contribution is 2.23. The van der Waals surface area contributed by atoms with Gasteiger partial charge in [-0.15, -0.1) is 0 Å². The van der Waals surface area contributed by atoms with Crippen molar-refractivity contribution < 1.29 is 0 Å². The van der Waals surface area contributed by atoms with Crippen molar-refractivity contribution in [1.29, 1.82) is 0 Å². The average Bonchev–Trinajstić information content (AvgIpc) is 2.59. The van der Waals surface area contributed by atoms with Gasteiger partial charge in [-0.1, -0.05) is 41.9 Å². The zero-order valence-electron chi connectivity index (χ0n) is 13.9. The molecule has 0 amide bonds. The fraction of sp³-hybridized carbons (Fsp3) is 0.158. The van der Waals surface area contributed by atoms with Gasteiger partial charge in [0, 0.05) is 29.2 Å². The number of nitrogens with one attached hydrogen (secondary N) is 2. The molecule has 4 nitrogen and oxygen atoms in total. The molecule has 25 heavy (non-hydrogen) atoms. The van der Waals surface area contributed by atoms with Crippen LogP contribution in [-0.4, -0.2) is 16.9 Å². The van der Waals surface area contributed by atoms with Gasteiger partial charge in [0.05, 0.1) is 0 Å². The lowest BCUT2D eigenvalue weighted by molar-refractivity contribution is 0.785. The molecule has 1 heterocycles. The van der Waals surface area contributed by atoms with Crippen LogP contribution < -0.4 is 10.6 Å². The molecule has 6 heteroatoms. The number of amidine groups is 2. The third-order valence-electron chi connectivity index (χ3n) is 3.51. The lowest BCUT2D eigenvalue weighted by atomic mass is 10.1. The third-order valence-corrected chi connectivity index (χ3v) is 4.53. The number of allylic oxidation sites excluding steroid dienone is 1. The molecule has 1 aliphatic rings. The van der Waals surface area contributed by atoms with E-state index in [9.17, 15) is 0 Å². The first-order valence-electron chi connectivity index (χ1n) is 8.00. The predicted molar refractivity (Wildman–Crippen MR) is 109 cm³/mol. The maximum Gasteiger partial charge on any atom is 0.197 e. The molecule has 1 aliphatic heterocycles. The Kier molecular flexibility index (Phi) is 6.14. The van der Waals surface area contributed by atoms with Crippen molar-refractivity contribution in [2.75, 3.05) is 11.9 Å². The molecular formula is C19H19ClN4S. The number of hydrogen-bond acceptors (Lipinski definition) is 4. The molecule has 0 saturated heterocycles. The third kappa shape index (κ3) is 5.66.